The molecule has 0 unspecified atom stereocenters. The molecule has 0 atom stereocenters. The molecule has 32 heavy (non-hydrogen) atoms. The first kappa shape index (κ1) is 20.1. The number of ether oxygens (including phenoxy) is 1. The SMILES string of the molecule is Cc1ccc2c(c1)c(=O)n(C)c1nnc(COC(=O)c3cc4cc(Cl)ccc4nc3C)n21. The van der Waals surface area contributed by atoms with E-state index in [2.05, 4.69) is 15.2 Å². The molecule has 0 bridgehead atoms. The quantitative estimate of drug-likeness (QED) is 0.391. The molecule has 9 heteroatoms. The molecule has 0 saturated carbocycles. The van der Waals surface area contributed by atoms with E-state index in [1.807, 2.05) is 25.1 Å². The number of hydrogen-bond donors (Lipinski definition) is 0. The van der Waals surface area contributed by atoms with E-state index in [4.69, 9.17) is 16.3 Å². The van der Waals surface area contributed by atoms with Crippen LogP contribution in [0.4, 0.5) is 0 Å². The normalized spacial score (nSPS) is 11.5. The van der Waals surface area contributed by atoms with Gasteiger partial charge in [0, 0.05) is 17.5 Å². The van der Waals surface area contributed by atoms with Crippen LogP contribution in [0.15, 0.2) is 47.3 Å². The molecule has 0 spiro atoms. The highest BCUT2D eigenvalue weighted by Gasteiger charge is 2.18. The van der Waals surface area contributed by atoms with Crippen LogP contribution in [0.25, 0.3) is 27.6 Å². The van der Waals surface area contributed by atoms with E-state index in [9.17, 15) is 9.59 Å². The lowest BCUT2D eigenvalue weighted by atomic mass is 10.1. The van der Waals surface area contributed by atoms with Gasteiger partial charge in [-0.1, -0.05) is 23.2 Å². The fourth-order valence-electron chi connectivity index (χ4n) is 3.81. The number of rotatable bonds is 3. The van der Waals surface area contributed by atoms with Gasteiger partial charge in [0.05, 0.1) is 27.7 Å². The summed E-state index contributed by atoms with van der Waals surface area (Å²) in [6.07, 6.45) is 0. The predicted octanol–water partition coefficient (Wildman–Crippen LogP) is 3.76. The van der Waals surface area contributed by atoms with Crippen LogP contribution in [0.1, 0.15) is 27.4 Å². The second-order valence-corrected chi connectivity index (χ2v) is 8.11. The Morgan fingerprint density at radius 1 is 1.09 bits per heavy atom. The van der Waals surface area contributed by atoms with Crippen LogP contribution in [0.3, 0.4) is 0 Å². The zero-order valence-electron chi connectivity index (χ0n) is 17.6. The molecule has 0 N–H and O–H groups in total. The van der Waals surface area contributed by atoms with Crippen molar-refractivity contribution in [2.75, 3.05) is 0 Å². The Bertz CT molecular complexity index is 1620. The number of carbonyl (C=O) groups excluding carboxylic acids is 1. The van der Waals surface area contributed by atoms with Crippen LogP contribution in [0, 0.1) is 13.8 Å². The van der Waals surface area contributed by atoms with E-state index >= 15 is 0 Å². The highest BCUT2D eigenvalue weighted by atomic mass is 35.5. The van der Waals surface area contributed by atoms with Gasteiger partial charge in [0.2, 0.25) is 5.78 Å². The first-order valence-corrected chi connectivity index (χ1v) is 10.3. The highest BCUT2D eigenvalue weighted by molar-refractivity contribution is 6.31. The van der Waals surface area contributed by atoms with Gasteiger partial charge in [0.1, 0.15) is 0 Å². The molecule has 2 aromatic carbocycles. The summed E-state index contributed by atoms with van der Waals surface area (Å²) in [6, 6.07) is 12.6. The first-order valence-electron chi connectivity index (χ1n) is 9.91. The van der Waals surface area contributed by atoms with Crippen molar-refractivity contribution in [1.82, 2.24) is 24.1 Å². The fraction of sp³-hybridized carbons (Fsp3) is 0.174. The maximum Gasteiger partial charge on any atom is 0.340 e. The van der Waals surface area contributed by atoms with Gasteiger partial charge in [0.25, 0.3) is 5.56 Å². The summed E-state index contributed by atoms with van der Waals surface area (Å²) < 4.78 is 8.72. The maximum absolute atomic E-state index is 12.8. The Morgan fingerprint density at radius 2 is 1.91 bits per heavy atom. The second-order valence-electron chi connectivity index (χ2n) is 7.67. The van der Waals surface area contributed by atoms with Gasteiger partial charge < -0.3 is 4.74 Å². The number of benzene rings is 2. The zero-order valence-corrected chi connectivity index (χ0v) is 18.3. The third-order valence-corrected chi connectivity index (χ3v) is 5.70. The Labute approximate surface area is 187 Å². The van der Waals surface area contributed by atoms with E-state index < -0.39 is 5.97 Å². The third-order valence-electron chi connectivity index (χ3n) is 5.46. The van der Waals surface area contributed by atoms with Gasteiger partial charge >= 0.3 is 5.97 Å². The number of carbonyl (C=O) groups is 1. The minimum atomic E-state index is -0.529. The van der Waals surface area contributed by atoms with Crippen molar-refractivity contribution in [2.24, 2.45) is 7.05 Å². The van der Waals surface area contributed by atoms with Crippen molar-refractivity contribution in [2.45, 2.75) is 20.5 Å². The molecule has 0 amide bonds. The lowest BCUT2D eigenvalue weighted by Crippen LogP contribution is -2.20. The molecule has 0 fully saturated rings. The van der Waals surface area contributed by atoms with Crippen molar-refractivity contribution in [3.05, 3.63) is 80.5 Å². The van der Waals surface area contributed by atoms with E-state index in [0.29, 0.717) is 38.8 Å². The van der Waals surface area contributed by atoms with Crippen LogP contribution in [0.2, 0.25) is 5.02 Å². The predicted molar refractivity (Wildman–Crippen MR) is 121 cm³/mol. The molecule has 5 aromatic rings. The summed E-state index contributed by atoms with van der Waals surface area (Å²) >= 11 is 6.07. The lowest BCUT2D eigenvalue weighted by Gasteiger charge is -2.10. The number of hydrogen-bond acceptors (Lipinski definition) is 6. The van der Waals surface area contributed by atoms with E-state index in [0.717, 1.165) is 16.5 Å². The summed E-state index contributed by atoms with van der Waals surface area (Å²) in [4.78, 5) is 30.0. The standard InChI is InChI=1S/C23H18ClN5O3/c1-12-4-7-19-17(8-12)21(30)28(3)23-27-26-20(29(19)23)11-32-22(31)16-10-14-9-15(24)5-6-18(14)25-13(16)2/h4-10H,11H2,1-3H3. The number of halogens is 1. The van der Waals surface area contributed by atoms with Crippen LogP contribution in [-0.4, -0.2) is 30.1 Å². The molecule has 3 heterocycles. The summed E-state index contributed by atoms with van der Waals surface area (Å²) in [5, 5.41) is 10.1. The highest BCUT2D eigenvalue weighted by Crippen LogP contribution is 2.22. The minimum absolute atomic E-state index is 0.117. The van der Waals surface area contributed by atoms with Crippen molar-refractivity contribution in [3.63, 3.8) is 0 Å². The molecular formula is C23H18ClN5O3. The number of pyridine rings is 1. The first-order chi connectivity index (χ1) is 15.3. The topological polar surface area (TPSA) is 91.4 Å². The maximum atomic E-state index is 12.8. The molecule has 0 aliphatic heterocycles. The Balaban J connectivity index is 1.53. The molecule has 0 saturated heterocycles. The molecule has 3 aromatic heterocycles. The monoisotopic (exact) mass is 447 g/mol. The molecule has 0 radical (unpaired) electrons. The van der Waals surface area contributed by atoms with Crippen LogP contribution in [-0.2, 0) is 18.4 Å². The van der Waals surface area contributed by atoms with Crippen LogP contribution in [0.5, 0.6) is 0 Å². The van der Waals surface area contributed by atoms with Crippen molar-refractivity contribution < 1.29 is 9.53 Å². The third kappa shape index (κ3) is 3.20. The Morgan fingerprint density at radius 3 is 2.72 bits per heavy atom. The molecule has 0 aliphatic carbocycles. The molecular weight excluding hydrogens is 430 g/mol. The number of fused-ring (bicyclic) bond motifs is 4. The van der Waals surface area contributed by atoms with E-state index in [1.54, 1.807) is 42.6 Å². The molecule has 0 aliphatic rings. The minimum Gasteiger partial charge on any atom is -0.454 e. The number of esters is 1. The number of nitrogens with zero attached hydrogens (tertiary/aromatic N) is 5. The molecule has 160 valence electrons. The largest absolute Gasteiger partial charge is 0.454 e. The van der Waals surface area contributed by atoms with E-state index in [-0.39, 0.29) is 12.2 Å². The van der Waals surface area contributed by atoms with Crippen molar-refractivity contribution >= 4 is 45.2 Å². The average Bonchev–Trinajstić information content (AvgIpc) is 3.19. The van der Waals surface area contributed by atoms with Gasteiger partial charge in [-0.05, 0) is 50.2 Å². The summed E-state index contributed by atoms with van der Waals surface area (Å²) in [5.74, 6) is 0.251. The Hall–Kier alpha value is -3.78. The average molecular weight is 448 g/mol. The zero-order chi connectivity index (χ0) is 22.6. The second kappa shape index (κ2) is 7.42. The van der Waals surface area contributed by atoms with Gasteiger partial charge in [-0.15, -0.1) is 10.2 Å². The van der Waals surface area contributed by atoms with Crippen LogP contribution >= 0.6 is 11.6 Å². The summed E-state index contributed by atoms with van der Waals surface area (Å²) in [7, 11) is 1.64. The summed E-state index contributed by atoms with van der Waals surface area (Å²) in [5.41, 5.74) is 3.11. The number of aryl methyl sites for hydroxylation is 3. The van der Waals surface area contributed by atoms with Gasteiger partial charge in [-0.3, -0.25) is 18.7 Å². The summed E-state index contributed by atoms with van der Waals surface area (Å²) in [6.45, 7) is 3.56. The van der Waals surface area contributed by atoms with Crippen molar-refractivity contribution in [3.8, 4) is 0 Å². The van der Waals surface area contributed by atoms with Gasteiger partial charge in [-0.2, -0.15) is 0 Å². The van der Waals surface area contributed by atoms with Gasteiger partial charge in [-0.25, -0.2) is 4.79 Å². The number of aromatic nitrogens is 5. The smallest absolute Gasteiger partial charge is 0.340 e. The lowest BCUT2D eigenvalue weighted by molar-refractivity contribution is 0.0460. The van der Waals surface area contributed by atoms with E-state index in [1.165, 1.54) is 4.57 Å². The van der Waals surface area contributed by atoms with Crippen molar-refractivity contribution in [1.29, 1.82) is 0 Å². The Kier molecular flexibility index (Phi) is 4.67. The molecule has 8 nitrogen and oxygen atoms in total. The van der Waals surface area contributed by atoms with Gasteiger partial charge in [0.15, 0.2) is 12.4 Å². The molecule has 5 rings (SSSR count). The fourth-order valence-corrected chi connectivity index (χ4v) is 3.99. The van der Waals surface area contributed by atoms with Crippen LogP contribution < -0.4 is 5.56 Å².